The number of aryl methyl sites for hydroxylation is 1. The number of halogens is 2. The average molecular weight is 415 g/mol. The summed E-state index contributed by atoms with van der Waals surface area (Å²) in [6.07, 6.45) is 3.48. The zero-order valence-corrected chi connectivity index (χ0v) is 17.0. The smallest absolute Gasteiger partial charge is 0.259 e. The zero-order valence-electron chi connectivity index (χ0n) is 16.2. The van der Waals surface area contributed by atoms with Crippen LogP contribution in [0.3, 0.4) is 0 Å². The first kappa shape index (κ1) is 21.0. The molecule has 0 saturated carbocycles. The van der Waals surface area contributed by atoms with Gasteiger partial charge in [0.05, 0.1) is 23.1 Å². The van der Waals surface area contributed by atoms with Crippen molar-refractivity contribution in [2.75, 3.05) is 18.4 Å². The van der Waals surface area contributed by atoms with E-state index in [9.17, 15) is 9.18 Å². The van der Waals surface area contributed by atoms with Gasteiger partial charge in [-0.15, -0.1) is 12.4 Å². The van der Waals surface area contributed by atoms with Crippen molar-refractivity contribution in [1.29, 1.82) is 0 Å². The van der Waals surface area contributed by atoms with Crippen LogP contribution < -0.4 is 10.6 Å². The predicted molar refractivity (Wildman–Crippen MR) is 115 cm³/mol. The van der Waals surface area contributed by atoms with Gasteiger partial charge in [0, 0.05) is 11.6 Å². The van der Waals surface area contributed by atoms with E-state index in [1.54, 1.807) is 23.0 Å². The maximum Gasteiger partial charge on any atom is 0.259 e. The van der Waals surface area contributed by atoms with Crippen LogP contribution in [0.2, 0.25) is 0 Å². The van der Waals surface area contributed by atoms with Crippen molar-refractivity contribution in [1.82, 2.24) is 15.1 Å². The zero-order chi connectivity index (χ0) is 19.5. The maximum absolute atomic E-state index is 13.4. The number of benzene rings is 2. The van der Waals surface area contributed by atoms with Gasteiger partial charge in [-0.2, -0.15) is 5.10 Å². The molecule has 2 heterocycles. The van der Waals surface area contributed by atoms with Crippen molar-refractivity contribution in [2.45, 2.75) is 25.7 Å². The molecule has 1 aromatic heterocycles. The Hall–Kier alpha value is -2.70. The predicted octanol–water partition coefficient (Wildman–Crippen LogP) is 4.46. The molecule has 2 aromatic carbocycles. The molecule has 0 spiro atoms. The summed E-state index contributed by atoms with van der Waals surface area (Å²) in [5.41, 5.74) is 4.01. The van der Waals surface area contributed by atoms with E-state index >= 15 is 0 Å². The Kier molecular flexibility index (Phi) is 6.67. The van der Waals surface area contributed by atoms with E-state index in [0.29, 0.717) is 5.56 Å². The van der Waals surface area contributed by atoms with Crippen molar-refractivity contribution in [2.24, 2.45) is 0 Å². The van der Waals surface area contributed by atoms with E-state index in [-0.39, 0.29) is 30.0 Å². The van der Waals surface area contributed by atoms with Crippen LogP contribution in [-0.4, -0.2) is 28.8 Å². The fourth-order valence-electron chi connectivity index (χ4n) is 3.71. The molecule has 1 aliphatic rings. The normalized spacial score (nSPS) is 14.3. The molecule has 0 atom stereocenters. The third-order valence-corrected chi connectivity index (χ3v) is 5.24. The molecule has 0 aliphatic carbocycles. The van der Waals surface area contributed by atoms with Crippen LogP contribution in [-0.2, 0) is 0 Å². The Morgan fingerprint density at radius 1 is 1.14 bits per heavy atom. The van der Waals surface area contributed by atoms with Crippen LogP contribution in [0.1, 0.15) is 40.4 Å². The van der Waals surface area contributed by atoms with Crippen LogP contribution in [0, 0.1) is 12.7 Å². The second-order valence-corrected chi connectivity index (χ2v) is 7.13. The lowest BCUT2D eigenvalue weighted by Gasteiger charge is -2.24. The second kappa shape index (κ2) is 9.20. The molecule has 0 bridgehead atoms. The number of rotatable bonds is 4. The summed E-state index contributed by atoms with van der Waals surface area (Å²) in [7, 11) is 0. The molecular formula is C22H24ClFN4O. The summed E-state index contributed by atoms with van der Waals surface area (Å²) >= 11 is 0. The highest BCUT2D eigenvalue weighted by Crippen LogP contribution is 2.31. The number of carbonyl (C=O) groups is 1. The SMILES string of the molecule is Cc1ccccc1NC(=O)c1cnn(-c2ccc(F)cc2)c1C1CCNCC1.Cl. The summed E-state index contributed by atoms with van der Waals surface area (Å²) in [6, 6.07) is 13.9. The summed E-state index contributed by atoms with van der Waals surface area (Å²) in [6.45, 7) is 3.77. The summed E-state index contributed by atoms with van der Waals surface area (Å²) in [4.78, 5) is 13.1. The number of nitrogens with one attached hydrogen (secondary N) is 2. The highest BCUT2D eigenvalue weighted by molar-refractivity contribution is 6.05. The Balaban J connectivity index is 0.00000240. The van der Waals surface area contributed by atoms with Gasteiger partial charge in [-0.05, 0) is 68.8 Å². The number of carbonyl (C=O) groups excluding carboxylic acids is 1. The lowest BCUT2D eigenvalue weighted by atomic mass is 9.91. The topological polar surface area (TPSA) is 59.0 Å². The van der Waals surface area contributed by atoms with E-state index in [1.165, 1.54) is 12.1 Å². The quantitative estimate of drug-likeness (QED) is 0.662. The van der Waals surface area contributed by atoms with Crippen molar-refractivity contribution in [3.8, 4) is 5.69 Å². The van der Waals surface area contributed by atoms with Crippen molar-refractivity contribution in [3.63, 3.8) is 0 Å². The molecular weight excluding hydrogens is 391 g/mol. The van der Waals surface area contributed by atoms with Crippen LogP contribution in [0.5, 0.6) is 0 Å². The minimum Gasteiger partial charge on any atom is -0.322 e. The monoisotopic (exact) mass is 414 g/mol. The Labute approximate surface area is 175 Å². The molecule has 0 radical (unpaired) electrons. The van der Waals surface area contributed by atoms with Crippen LogP contribution in [0.4, 0.5) is 10.1 Å². The molecule has 1 saturated heterocycles. The van der Waals surface area contributed by atoms with E-state index < -0.39 is 0 Å². The van der Waals surface area contributed by atoms with Gasteiger partial charge >= 0.3 is 0 Å². The summed E-state index contributed by atoms with van der Waals surface area (Å²) < 4.78 is 15.1. The minimum absolute atomic E-state index is 0. The van der Waals surface area contributed by atoms with Gasteiger partial charge in [0.1, 0.15) is 5.82 Å². The molecule has 1 aliphatic heterocycles. The van der Waals surface area contributed by atoms with Gasteiger partial charge in [-0.1, -0.05) is 18.2 Å². The first-order chi connectivity index (χ1) is 13.6. The Bertz CT molecular complexity index is 981. The minimum atomic E-state index is -0.295. The Morgan fingerprint density at radius 2 is 1.83 bits per heavy atom. The first-order valence-electron chi connectivity index (χ1n) is 9.55. The van der Waals surface area contributed by atoms with Crippen molar-refractivity contribution in [3.05, 3.63) is 77.4 Å². The fraction of sp³-hybridized carbons (Fsp3) is 0.273. The van der Waals surface area contributed by atoms with E-state index in [0.717, 1.165) is 48.6 Å². The van der Waals surface area contributed by atoms with Crippen molar-refractivity contribution >= 4 is 24.0 Å². The van der Waals surface area contributed by atoms with Gasteiger partial charge in [-0.25, -0.2) is 9.07 Å². The molecule has 3 aromatic rings. The van der Waals surface area contributed by atoms with Crippen LogP contribution in [0.15, 0.2) is 54.7 Å². The lowest BCUT2D eigenvalue weighted by Crippen LogP contribution is -2.29. The molecule has 1 fully saturated rings. The molecule has 0 unspecified atom stereocenters. The Morgan fingerprint density at radius 3 is 2.52 bits per heavy atom. The molecule has 5 nitrogen and oxygen atoms in total. The molecule has 4 rings (SSSR count). The maximum atomic E-state index is 13.4. The number of amides is 1. The average Bonchev–Trinajstić information content (AvgIpc) is 3.16. The van der Waals surface area contributed by atoms with E-state index in [4.69, 9.17) is 0 Å². The fourth-order valence-corrected chi connectivity index (χ4v) is 3.71. The number of aromatic nitrogens is 2. The number of para-hydroxylation sites is 1. The number of hydrogen-bond donors (Lipinski definition) is 2. The van der Waals surface area contributed by atoms with E-state index in [2.05, 4.69) is 15.7 Å². The highest BCUT2D eigenvalue weighted by atomic mass is 35.5. The highest BCUT2D eigenvalue weighted by Gasteiger charge is 2.27. The van der Waals surface area contributed by atoms with Crippen molar-refractivity contribution < 1.29 is 9.18 Å². The molecule has 152 valence electrons. The van der Waals surface area contributed by atoms with Gasteiger partial charge < -0.3 is 10.6 Å². The third kappa shape index (κ3) is 4.49. The van der Waals surface area contributed by atoms with Gasteiger partial charge in [0.15, 0.2) is 0 Å². The number of anilines is 1. The number of nitrogens with zero attached hydrogens (tertiary/aromatic N) is 2. The lowest BCUT2D eigenvalue weighted by molar-refractivity contribution is 0.102. The van der Waals surface area contributed by atoms with Gasteiger partial charge in [0.25, 0.3) is 5.91 Å². The second-order valence-electron chi connectivity index (χ2n) is 7.13. The number of piperidine rings is 1. The molecule has 1 amide bonds. The summed E-state index contributed by atoms with van der Waals surface area (Å²) in [5, 5.41) is 10.9. The first-order valence-corrected chi connectivity index (χ1v) is 9.55. The van der Waals surface area contributed by atoms with Gasteiger partial charge in [-0.3, -0.25) is 4.79 Å². The van der Waals surface area contributed by atoms with Crippen LogP contribution in [0.25, 0.3) is 5.69 Å². The number of hydrogen-bond acceptors (Lipinski definition) is 3. The van der Waals surface area contributed by atoms with E-state index in [1.807, 2.05) is 31.2 Å². The molecule has 2 N–H and O–H groups in total. The molecule has 7 heteroatoms. The standard InChI is InChI=1S/C22H23FN4O.ClH/c1-15-4-2-3-5-20(15)26-22(28)19-14-25-27(18-8-6-17(23)7-9-18)21(19)16-10-12-24-13-11-16;/h2-9,14,16,24H,10-13H2,1H3,(H,26,28);1H. The van der Waals surface area contributed by atoms with Crippen LogP contribution >= 0.6 is 12.4 Å². The van der Waals surface area contributed by atoms with Gasteiger partial charge in [0.2, 0.25) is 0 Å². The largest absolute Gasteiger partial charge is 0.322 e. The third-order valence-electron chi connectivity index (χ3n) is 5.24. The summed E-state index contributed by atoms with van der Waals surface area (Å²) in [5.74, 6) is -0.251. The molecule has 29 heavy (non-hydrogen) atoms.